The lowest BCUT2D eigenvalue weighted by Crippen LogP contribution is -2.44. The highest BCUT2D eigenvalue weighted by molar-refractivity contribution is 5.75. The van der Waals surface area contributed by atoms with Crippen LogP contribution in [0, 0.1) is 11.8 Å². The lowest BCUT2D eigenvalue weighted by molar-refractivity contribution is -0.142. The van der Waals surface area contributed by atoms with Crippen molar-refractivity contribution in [2.24, 2.45) is 11.8 Å². The van der Waals surface area contributed by atoms with Crippen molar-refractivity contribution in [2.75, 3.05) is 7.11 Å². The summed E-state index contributed by atoms with van der Waals surface area (Å²) in [5.41, 5.74) is 0. The summed E-state index contributed by atoms with van der Waals surface area (Å²) in [4.78, 5) is 11.4. The van der Waals surface area contributed by atoms with Crippen molar-refractivity contribution in [3.05, 3.63) is 0 Å². The molecule has 0 heterocycles. The smallest absolute Gasteiger partial charge is 0.322 e. The molecule has 0 spiro atoms. The molecule has 0 saturated heterocycles. The fourth-order valence-corrected chi connectivity index (χ4v) is 2.92. The summed E-state index contributed by atoms with van der Waals surface area (Å²) in [6.45, 7) is 6.46. The van der Waals surface area contributed by atoms with E-state index >= 15 is 0 Å². The Morgan fingerprint density at radius 3 is 2.65 bits per heavy atom. The minimum Gasteiger partial charge on any atom is -0.468 e. The summed E-state index contributed by atoms with van der Waals surface area (Å²) in [6, 6.07) is 0.310. The van der Waals surface area contributed by atoms with E-state index in [9.17, 15) is 4.79 Å². The highest BCUT2D eigenvalue weighted by atomic mass is 16.5. The van der Waals surface area contributed by atoms with Crippen LogP contribution in [0.5, 0.6) is 0 Å². The molecule has 3 atom stereocenters. The minimum absolute atomic E-state index is 0.156. The number of methoxy groups -OCH3 is 1. The number of nitrogens with one attached hydrogen (secondary N) is 1. The van der Waals surface area contributed by atoms with Crippen LogP contribution in [0.2, 0.25) is 0 Å². The molecule has 0 aromatic carbocycles. The van der Waals surface area contributed by atoms with Gasteiger partial charge in [-0.3, -0.25) is 4.79 Å². The van der Waals surface area contributed by atoms with Crippen LogP contribution in [0.4, 0.5) is 0 Å². The maximum Gasteiger partial charge on any atom is 0.322 e. The van der Waals surface area contributed by atoms with Crippen molar-refractivity contribution in [1.82, 2.24) is 5.32 Å². The van der Waals surface area contributed by atoms with E-state index in [0.717, 1.165) is 11.8 Å². The quantitative estimate of drug-likeness (QED) is 0.752. The van der Waals surface area contributed by atoms with Gasteiger partial charge in [0.05, 0.1) is 7.11 Å². The summed E-state index contributed by atoms with van der Waals surface area (Å²) in [5.74, 6) is 1.44. The van der Waals surface area contributed by atoms with Crippen molar-refractivity contribution in [3.63, 3.8) is 0 Å². The standard InChI is InChI=1S/C14H27NO2/c1-10(2)8-12-6-5-7-13(9-12)15-11(3)14(16)17-4/h10-13,15H,5-9H2,1-4H3/t11-,12?,13?/m1/s1. The molecule has 1 aliphatic carbocycles. The third-order valence-corrected chi connectivity index (χ3v) is 3.63. The monoisotopic (exact) mass is 241 g/mol. The topological polar surface area (TPSA) is 38.3 Å². The van der Waals surface area contributed by atoms with Gasteiger partial charge in [-0.05, 0) is 38.0 Å². The normalized spacial score (nSPS) is 26.9. The van der Waals surface area contributed by atoms with Gasteiger partial charge in [0, 0.05) is 6.04 Å². The van der Waals surface area contributed by atoms with Crippen LogP contribution >= 0.6 is 0 Å². The van der Waals surface area contributed by atoms with Gasteiger partial charge in [-0.2, -0.15) is 0 Å². The SMILES string of the molecule is COC(=O)[C@@H](C)NC1CCCC(CC(C)C)C1. The Bertz CT molecular complexity index is 240. The highest BCUT2D eigenvalue weighted by Crippen LogP contribution is 2.29. The summed E-state index contributed by atoms with van der Waals surface area (Å²) in [6.07, 6.45) is 6.34. The second-order valence-corrected chi connectivity index (χ2v) is 5.77. The predicted molar refractivity (Wildman–Crippen MR) is 69.8 cm³/mol. The number of esters is 1. The van der Waals surface area contributed by atoms with Crippen LogP contribution in [-0.4, -0.2) is 25.2 Å². The van der Waals surface area contributed by atoms with E-state index in [-0.39, 0.29) is 12.0 Å². The molecule has 2 unspecified atom stereocenters. The molecular formula is C14H27NO2. The molecular weight excluding hydrogens is 214 g/mol. The molecule has 17 heavy (non-hydrogen) atoms. The molecule has 1 N–H and O–H groups in total. The predicted octanol–water partition coefficient (Wildman–Crippen LogP) is 2.74. The Balaban J connectivity index is 2.36. The number of rotatable bonds is 5. The summed E-state index contributed by atoms with van der Waals surface area (Å²) in [5, 5.41) is 3.40. The van der Waals surface area contributed by atoms with E-state index in [4.69, 9.17) is 4.74 Å². The number of carbonyl (C=O) groups excluding carboxylic acids is 1. The Morgan fingerprint density at radius 1 is 1.35 bits per heavy atom. The molecule has 0 amide bonds. The molecule has 1 aliphatic rings. The average Bonchev–Trinajstić information content (AvgIpc) is 2.27. The zero-order valence-electron chi connectivity index (χ0n) is 11.7. The molecule has 3 heteroatoms. The lowest BCUT2D eigenvalue weighted by atomic mass is 9.81. The van der Waals surface area contributed by atoms with Gasteiger partial charge in [0.25, 0.3) is 0 Å². The molecule has 0 aliphatic heterocycles. The van der Waals surface area contributed by atoms with Crippen LogP contribution in [-0.2, 0) is 9.53 Å². The van der Waals surface area contributed by atoms with Crippen LogP contribution in [0.15, 0.2) is 0 Å². The van der Waals surface area contributed by atoms with Crippen molar-refractivity contribution in [2.45, 2.75) is 65.0 Å². The Morgan fingerprint density at radius 2 is 2.06 bits per heavy atom. The van der Waals surface area contributed by atoms with Crippen molar-refractivity contribution in [1.29, 1.82) is 0 Å². The first-order valence-corrected chi connectivity index (χ1v) is 6.86. The Kier molecular flexibility index (Phi) is 5.96. The van der Waals surface area contributed by atoms with Gasteiger partial charge < -0.3 is 10.1 Å². The second-order valence-electron chi connectivity index (χ2n) is 5.77. The molecule has 0 aromatic heterocycles. The molecule has 0 bridgehead atoms. The number of hydrogen-bond acceptors (Lipinski definition) is 3. The number of ether oxygens (including phenoxy) is 1. The molecule has 3 nitrogen and oxygen atoms in total. The van der Waals surface area contributed by atoms with Gasteiger partial charge >= 0.3 is 5.97 Å². The summed E-state index contributed by atoms with van der Waals surface area (Å²) < 4.78 is 4.74. The molecule has 1 saturated carbocycles. The second kappa shape index (κ2) is 7.00. The van der Waals surface area contributed by atoms with Gasteiger partial charge in [-0.1, -0.05) is 26.7 Å². The third kappa shape index (κ3) is 5.07. The van der Waals surface area contributed by atoms with E-state index in [2.05, 4.69) is 19.2 Å². The van der Waals surface area contributed by atoms with Gasteiger partial charge in [0.2, 0.25) is 0 Å². The van der Waals surface area contributed by atoms with E-state index < -0.39 is 0 Å². The molecule has 100 valence electrons. The Hall–Kier alpha value is -0.570. The molecule has 0 aromatic rings. The van der Waals surface area contributed by atoms with Crippen LogP contribution in [0.1, 0.15) is 52.9 Å². The summed E-state index contributed by atoms with van der Waals surface area (Å²) >= 11 is 0. The van der Waals surface area contributed by atoms with Crippen molar-refractivity contribution < 1.29 is 9.53 Å². The van der Waals surface area contributed by atoms with Gasteiger partial charge in [-0.15, -0.1) is 0 Å². The maximum atomic E-state index is 11.4. The van der Waals surface area contributed by atoms with E-state index in [1.54, 1.807) is 0 Å². The lowest BCUT2D eigenvalue weighted by Gasteiger charge is -2.32. The average molecular weight is 241 g/mol. The summed E-state index contributed by atoms with van der Waals surface area (Å²) in [7, 11) is 1.45. The zero-order chi connectivity index (χ0) is 12.8. The Labute approximate surface area is 105 Å². The first-order chi connectivity index (χ1) is 8.02. The van der Waals surface area contributed by atoms with E-state index in [1.165, 1.54) is 39.2 Å². The third-order valence-electron chi connectivity index (χ3n) is 3.63. The molecule has 0 radical (unpaired) electrons. The first kappa shape index (κ1) is 14.5. The molecule has 1 fully saturated rings. The fourth-order valence-electron chi connectivity index (χ4n) is 2.92. The zero-order valence-corrected chi connectivity index (χ0v) is 11.7. The van der Waals surface area contributed by atoms with E-state index in [1.807, 2.05) is 6.92 Å². The van der Waals surface area contributed by atoms with Gasteiger partial charge in [-0.25, -0.2) is 0 Å². The van der Waals surface area contributed by atoms with Gasteiger partial charge in [0.15, 0.2) is 0 Å². The minimum atomic E-state index is -0.178. The number of carbonyl (C=O) groups is 1. The van der Waals surface area contributed by atoms with Crippen LogP contribution in [0.3, 0.4) is 0 Å². The maximum absolute atomic E-state index is 11.4. The van der Waals surface area contributed by atoms with Crippen molar-refractivity contribution >= 4 is 5.97 Å². The molecule has 1 rings (SSSR count). The largest absolute Gasteiger partial charge is 0.468 e. The van der Waals surface area contributed by atoms with Gasteiger partial charge in [0.1, 0.15) is 6.04 Å². The van der Waals surface area contributed by atoms with Crippen LogP contribution < -0.4 is 5.32 Å². The van der Waals surface area contributed by atoms with Crippen molar-refractivity contribution in [3.8, 4) is 0 Å². The first-order valence-electron chi connectivity index (χ1n) is 6.86. The van der Waals surface area contributed by atoms with Crippen LogP contribution in [0.25, 0.3) is 0 Å². The fraction of sp³-hybridized carbons (Fsp3) is 0.929. The highest BCUT2D eigenvalue weighted by Gasteiger charge is 2.25. The number of hydrogen-bond donors (Lipinski definition) is 1. The van der Waals surface area contributed by atoms with E-state index in [0.29, 0.717) is 6.04 Å².